The van der Waals surface area contributed by atoms with Crippen LogP contribution in [-0.2, 0) is 65.4 Å². The number of carbonyl (C=O) groups is 4. The molecule has 0 aliphatic rings. The van der Waals surface area contributed by atoms with Gasteiger partial charge in [-0.25, -0.2) is 9.13 Å². The van der Waals surface area contributed by atoms with Gasteiger partial charge in [0.1, 0.15) is 19.3 Å². The summed E-state index contributed by atoms with van der Waals surface area (Å²) in [4.78, 5) is 72.0. The smallest absolute Gasteiger partial charge is 0.462 e. The molecule has 81 heavy (non-hydrogen) atoms. The van der Waals surface area contributed by atoms with Gasteiger partial charge >= 0.3 is 39.5 Å². The average Bonchev–Trinajstić information content (AvgIpc) is 3.42. The van der Waals surface area contributed by atoms with Gasteiger partial charge in [-0.3, -0.25) is 37.3 Å². The van der Waals surface area contributed by atoms with E-state index in [2.05, 4.69) is 41.5 Å². The molecule has 0 aromatic heterocycles. The molecule has 19 heteroatoms. The van der Waals surface area contributed by atoms with Gasteiger partial charge in [0.15, 0.2) is 12.2 Å². The lowest BCUT2D eigenvalue weighted by Crippen LogP contribution is -2.30. The molecule has 0 spiro atoms. The molecule has 17 nitrogen and oxygen atoms in total. The van der Waals surface area contributed by atoms with Crippen molar-refractivity contribution in [3.05, 3.63) is 0 Å². The summed E-state index contributed by atoms with van der Waals surface area (Å²) in [6, 6.07) is 0. The molecule has 480 valence electrons. The van der Waals surface area contributed by atoms with Crippen molar-refractivity contribution in [2.45, 2.75) is 323 Å². The summed E-state index contributed by atoms with van der Waals surface area (Å²) in [6.07, 6.45) is 36.4. The number of carbonyl (C=O) groups excluding carboxylic acids is 4. The summed E-state index contributed by atoms with van der Waals surface area (Å²) < 4.78 is 67.8. The van der Waals surface area contributed by atoms with Crippen molar-refractivity contribution in [3.8, 4) is 0 Å². The lowest BCUT2D eigenvalue weighted by molar-refractivity contribution is -0.161. The highest BCUT2D eigenvalue weighted by Crippen LogP contribution is 2.45. The van der Waals surface area contributed by atoms with Crippen molar-refractivity contribution in [2.24, 2.45) is 11.8 Å². The molecule has 0 bridgehead atoms. The SMILES string of the molecule is CCCCCCCCCCCCC(=O)OC[C@H](COP(=O)(O)OC[C@@H](O)COP(=O)(O)OC[C@@H](COC(=O)CCCCCCCCCC)OC(=O)CCCCCCCCC(C)C)OC(=O)CCCCCCCCCCCCCC(C)C. The lowest BCUT2D eigenvalue weighted by Gasteiger charge is -2.21. The van der Waals surface area contributed by atoms with Crippen molar-refractivity contribution in [1.29, 1.82) is 0 Å². The standard InChI is InChI=1S/C62H120O17P2/c1-7-9-11-13-15-17-22-26-33-39-45-60(65)73-50-57(78-61(66)46-40-34-27-23-20-18-19-21-24-30-36-42-54(3)4)52-76-80(68,69)74-48-56(63)49-75-81(70,71)77-53-58(51-72-59(64)44-38-32-25-16-14-12-10-8-2)79-62(67)47-41-35-29-28-31-37-43-55(5)6/h54-58,63H,7-53H2,1-6H3,(H,68,69)(H,70,71)/t56-,57-,58-/m1/s1. The third kappa shape index (κ3) is 56.9. The first-order chi connectivity index (χ1) is 38.9. The topological polar surface area (TPSA) is 237 Å². The minimum atomic E-state index is -4.94. The Labute approximate surface area is 492 Å². The molecule has 0 amide bonds. The van der Waals surface area contributed by atoms with Crippen LogP contribution in [-0.4, -0.2) is 96.7 Å². The number of unbranched alkanes of at least 4 members (excludes halogenated alkanes) is 31. The van der Waals surface area contributed by atoms with Crippen LogP contribution in [0, 0.1) is 11.8 Å². The maximum atomic E-state index is 13.0. The number of hydrogen-bond acceptors (Lipinski definition) is 15. The van der Waals surface area contributed by atoms with Gasteiger partial charge in [-0.15, -0.1) is 0 Å². The van der Waals surface area contributed by atoms with Gasteiger partial charge in [0.2, 0.25) is 0 Å². The number of ether oxygens (including phenoxy) is 4. The molecule has 0 aliphatic carbocycles. The molecule has 0 saturated heterocycles. The fourth-order valence-corrected chi connectivity index (χ4v) is 10.8. The largest absolute Gasteiger partial charge is 0.472 e. The van der Waals surface area contributed by atoms with Crippen molar-refractivity contribution in [3.63, 3.8) is 0 Å². The van der Waals surface area contributed by atoms with Crippen LogP contribution in [0.5, 0.6) is 0 Å². The van der Waals surface area contributed by atoms with Crippen LogP contribution in [0.4, 0.5) is 0 Å². The Bertz CT molecular complexity index is 1600. The van der Waals surface area contributed by atoms with Crippen molar-refractivity contribution >= 4 is 39.5 Å². The van der Waals surface area contributed by atoms with Gasteiger partial charge in [0.05, 0.1) is 26.4 Å². The van der Waals surface area contributed by atoms with Crippen LogP contribution >= 0.6 is 15.6 Å². The molecule has 0 aromatic rings. The number of phosphoric ester groups is 2. The quantitative estimate of drug-likeness (QED) is 0.0222. The van der Waals surface area contributed by atoms with Crippen LogP contribution < -0.4 is 0 Å². The van der Waals surface area contributed by atoms with Crippen molar-refractivity contribution in [1.82, 2.24) is 0 Å². The first kappa shape index (κ1) is 79.1. The molecule has 2 unspecified atom stereocenters. The number of esters is 4. The molecule has 0 saturated carbocycles. The number of aliphatic hydroxyl groups is 1. The van der Waals surface area contributed by atoms with Crippen LogP contribution in [0.2, 0.25) is 0 Å². The third-order valence-electron chi connectivity index (χ3n) is 14.2. The second-order valence-corrected chi connectivity index (χ2v) is 26.3. The zero-order valence-electron chi connectivity index (χ0n) is 52.1. The Kier molecular flexibility index (Phi) is 53.4. The Morgan fingerprint density at radius 3 is 0.840 bits per heavy atom. The molecule has 5 atom stereocenters. The van der Waals surface area contributed by atoms with E-state index in [1.54, 1.807) is 0 Å². The van der Waals surface area contributed by atoms with Gasteiger partial charge in [-0.1, -0.05) is 253 Å². The second-order valence-electron chi connectivity index (χ2n) is 23.4. The minimum absolute atomic E-state index is 0.102. The van der Waals surface area contributed by atoms with E-state index in [1.807, 2.05) is 0 Å². The van der Waals surface area contributed by atoms with E-state index < -0.39 is 97.5 Å². The Balaban J connectivity index is 5.22. The summed E-state index contributed by atoms with van der Waals surface area (Å²) in [5.41, 5.74) is 0. The van der Waals surface area contributed by atoms with Gasteiger partial charge in [0, 0.05) is 25.7 Å². The maximum absolute atomic E-state index is 13.0. The highest BCUT2D eigenvalue weighted by molar-refractivity contribution is 7.47. The van der Waals surface area contributed by atoms with Crippen molar-refractivity contribution in [2.75, 3.05) is 39.6 Å². The Hall–Kier alpha value is -1.94. The molecule has 0 aromatic carbocycles. The van der Waals surface area contributed by atoms with Crippen LogP contribution in [0.1, 0.15) is 305 Å². The van der Waals surface area contributed by atoms with E-state index in [4.69, 9.17) is 37.0 Å². The van der Waals surface area contributed by atoms with Gasteiger partial charge in [-0.2, -0.15) is 0 Å². The summed E-state index contributed by atoms with van der Waals surface area (Å²) in [5.74, 6) is -0.708. The summed E-state index contributed by atoms with van der Waals surface area (Å²) >= 11 is 0. The van der Waals surface area contributed by atoms with Crippen LogP contribution in [0.3, 0.4) is 0 Å². The molecule has 0 heterocycles. The Morgan fingerprint density at radius 2 is 0.568 bits per heavy atom. The van der Waals surface area contributed by atoms with E-state index in [0.29, 0.717) is 31.6 Å². The average molecular weight is 1200 g/mol. The predicted octanol–water partition coefficient (Wildman–Crippen LogP) is 16.9. The van der Waals surface area contributed by atoms with E-state index in [-0.39, 0.29) is 25.7 Å². The summed E-state index contributed by atoms with van der Waals surface area (Å²) in [7, 11) is -9.88. The van der Waals surface area contributed by atoms with E-state index in [1.165, 1.54) is 116 Å². The third-order valence-corrected chi connectivity index (χ3v) is 16.1. The molecule has 0 rings (SSSR count). The van der Waals surface area contributed by atoms with E-state index in [0.717, 1.165) is 102 Å². The normalized spacial score (nSPS) is 14.4. The zero-order chi connectivity index (χ0) is 60.1. The van der Waals surface area contributed by atoms with Gasteiger partial charge in [0.25, 0.3) is 0 Å². The van der Waals surface area contributed by atoms with Crippen LogP contribution in [0.15, 0.2) is 0 Å². The Morgan fingerprint density at radius 1 is 0.333 bits per heavy atom. The monoisotopic (exact) mass is 1200 g/mol. The van der Waals surface area contributed by atoms with Crippen LogP contribution in [0.25, 0.3) is 0 Å². The number of rotatable bonds is 61. The zero-order valence-corrected chi connectivity index (χ0v) is 53.9. The van der Waals surface area contributed by atoms with Gasteiger partial charge < -0.3 is 33.8 Å². The predicted molar refractivity (Wildman–Crippen MR) is 321 cm³/mol. The molecule has 0 aliphatic heterocycles. The molecular formula is C62H120O17P2. The first-order valence-electron chi connectivity index (χ1n) is 32.5. The molecular weight excluding hydrogens is 1080 g/mol. The highest BCUT2D eigenvalue weighted by atomic mass is 31.2. The van der Waals surface area contributed by atoms with Crippen molar-refractivity contribution < 1.29 is 80.2 Å². The molecule has 0 radical (unpaired) electrons. The number of aliphatic hydroxyl groups excluding tert-OH is 1. The first-order valence-corrected chi connectivity index (χ1v) is 35.5. The van der Waals surface area contributed by atoms with Gasteiger partial charge in [-0.05, 0) is 37.5 Å². The van der Waals surface area contributed by atoms with E-state index >= 15 is 0 Å². The maximum Gasteiger partial charge on any atom is 0.472 e. The van der Waals surface area contributed by atoms with E-state index in [9.17, 15) is 43.2 Å². The molecule has 0 fully saturated rings. The number of hydrogen-bond donors (Lipinski definition) is 3. The number of phosphoric acid groups is 2. The summed E-state index contributed by atoms with van der Waals surface area (Å²) in [6.45, 7) is 9.35. The lowest BCUT2D eigenvalue weighted by atomic mass is 10.0. The minimum Gasteiger partial charge on any atom is -0.462 e. The molecule has 3 N–H and O–H groups in total. The fourth-order valence-electron chi connectivity index (χ4n) is 9.18. The highest BCUT2D eigenvalue weighted by Gasteiger charge is 2.30. The second kappa shape index (κ2) is 54.7. The summed E-state index contributed by atoms with van der Waals surface area (Å²) in [5, 5.41) is 10.5. The fraction of sp³-hybridized carbons (Fsp3) is 0.935.